The summed E-state index contributed by atoms with van der Waals surface area (Å²) in [5.74, 6) is -0.362. The minimum absolute atomic E-state index is 0.362. The van der Waals surface area contributed by atoms with Crippen molar-refractivity contribution < 1.29 is 9.53 Å². The fourth-order valence-corrected chi connectivity index (χ4v) is 4.08. The van der Waals surface area contributed by atoms with Gasteiger partial charge in [-0.15, -0.1) is 0 Å². The monoisotopic (exact) mass is 406 g/mol. The summed E-state index contributed by atoms with van der Waals surface area (Å²) in [6.45, 7) is 1.05. The van der Waals surface area contributed by atoms with Crippen LogP contribution in [0.5, 0.6) is 0 Å². The van der Waals surface area contributed by atoms with Crippen LogP contribution in [0.15, 0.2) is 53.5 Å². The number of hydrogen-bond donors (Lipinski definition) is 0. The molecule has 0 atom stereocenters. The van der Waals surface area contributed by atoms with E-state index in [9.17, 15) is 4.79 Å². The molecule has 0 aliphatic carbocycles. The topological polar surface area (TPSA) is 43.6 Å². The van der Waals surface area contributed by atoms with Crippen molar-refractivity contribution in [2.24, 2.45) is 4.99 Å². The van der Waals surface area contributed by atoms with Crippen LogP contribution in [0, 0.1) is 0 Å². The smallest absolute Gasteiger partial charge is 0.272 e. The van der Waals surface area contributed by atoms with E-state index in [4.69, 9.17) is 27.9 Å². The lowest BCUT2D eigenvalue weighted by atomic mass is 10.2. The summed E-state index contributed by atoms with van der Waals surface area (Å²) in [5.41, 5.74) is 1.63. The number of para-hydroxylation sites is 1. The summed E-state index contributed by atoms with van der Waals surface area (Å²) in [6, 6.07) is 13.0. The Kier molecular flexibility index (Phi) is 6.27. The number of nitrogens with zero attached hydrogens (tertiary/aromatic N) is 2. The number of fused-ring (bicyclic) bond motifs is 1. The Morgan fingerprint density at radius 1 is 1.19 bits per heavy atom. The standard InChI is InChI=1S/C19H16Cl2N2O2S/c1-25-12-11-23-18-15(21)7-4-8-16(18)26-19(23)22-17(24)10-9-13-5-2-3-6-14(13)20/h2-10H,11-12H2,1H3/b10-9+,22-19?. The van der Waals surface area contributed by atoms with Crippen molar-refractivity contribution in [2.75, 3.05) is 13.7 Å². The SMILES string of the molecule is COCCn1c(=NC(=O)/C=C/c2ccccc2Cl)sc2cccc(Cl)c21. The molecule has 1 heterocycles. The maximum atomic E-state index is 12.3. The quantitative estimate of drug-likeness (QED) is 0.571. The van der Waals surface area contributed by atoms with Crippen molar-refractivity contribution in [1.29, 1.82) is 0 Å². The third-order valence-electron chi connectivity index (χ3n) is 3.69. The molecule has 1 aromatic heterocycles. The molecule has 0 spiro atoms. The van der Waals surface area contributed by atoms with Gasteiger partial charge in [0.25, 0.3) is 5.91 Å². The number of carbonyl (C=O) groups excluding carboxylic acids is 1. The van der Waals surface area contributed by atoms with Gasteiger partial charge in [-0.1, -0.05) is 58.8 Å². The normalized spacial score (nSPS) is 12.3. The fourth-order valence-electron chi connectivity index (χ4n) is 2.47. The Bertz CT molecular complexity index is 1040. The molecule has 7 heteroatoms. The second kappa shape index (κ2) is 8.64. The van der Waals surface area contributed by atoms with Crippen molar-refractivity contribution in [3.63, 3.8) is 0 Å². The number of methoxy groups -OCH3 is 1. The Morgan fingerprint density at radius 3 is 2.73 bits per heavy atom. The van der Waals surface area contributed by atoms with Crippen LogP contribution >= 0.6 is 34.5 Å². The van der Waals surface area contributed by atoms with Gasteiger partial charge in [0.2, 0.25) is 0 Å². The summed E-state index contributed by atoms with van der Waals surface area (Å²) in [6.07, 6.45) is 3.07. The lowest BCUT2D eigenvalue weighted by Crippen LogP contribution is -2.19. The molecule has 0 radical (unpaired) electrons. The number of halogens is 2. The van der Waals surface area contributed by atoms with E-state index in [-0.39, 0.29) is 5.91 Å². The second-order valence-corrected chi connectivity index (χ2v) is 7.24. The minimum atomic E-state index is -0.362. The second-order valence-electron chi connectivity index (χ2n) is 5.42. The van der Waals surface area contributed by atoms with Crippen molar-refractivity contribution >= 4 is 56.7 Å². The van der Waals surface area contributed by atoms with Crippen LogP contribution < -0.4 is 4.80 Å². The number of ether oxygens (including phenoxy) is 1. The lowest BCUT2D eigenvalue weighted by Gasteiger charge is -2.05. The van der Waals surface area contributed by atoms with Gasteiger partial charge in [-0.05, 0) is 29.8 Å². The van der Waals surface area contributed by atoms with Crippen molar-refractivity contribution in [1.82, 2.24) is 4.57 Å². The van der Waals surface area contributed by atoms with Crippen LogP contribution in [-0.2, 0) is 16.1 Å². The summed E-state index contributed by atoms with van der Waals surface area (Å²) in [5, 5.41) is 1.20. The molecule has 3 aromatic rings. The van der Waals surface area contributed by atoms with Crippen LogP contribution in [0.1, 0.15) is 5.56 Å². The molecular weight excluding hydrogens is 391 g/mol. The Morgan fingerprint density at radius 2 is 1.96 bits per heavy atom. The molecule has 1 amide bonds. The van der Waals surface area contributed by atoms with Gasteiger partial charge < -0.3 is 9.30 Å². The third-order valence-corrected chi connectivity index (χ3v) is 5.38. The highest BCUT2D eigenvalue weighted by Crippen LogP contribution is 2.25. The summed E-state index contributed by atoms with van der Waals surface area (Å²) in [7, 11) is 1.63. The van der Waals surface area contributed by atoms with E-state index in [0.29, 0.717) is 28.0 Å². The van der Waals surface area contributed by atoms with Gasteiger partial charge in [-0.3, -0.25) is 4.79 Å². The maximum Gasteiger partial charge on any atom is 0.272 e. The first-order chi connectivity index (χ1) is 12.6. The van der Waals surface area contributed by atoms with Crippen molar-refractivity contribution in [2.45, 2.75) is 6.54 Å². The van der Waals surface area contributed by atoms with Crippen LogP contribution in [0.4, 0.5) is 0 Å². The molecule has 26 heavy (non-hydrogen) atoms. The van der Waals surface area contributed by atoms with Crippen molar-refractivity contribution in [3.05, 3.63) is 69.0 Å². The number of hydrogen-bond acceptors (Lipinski definition) is 3. The summed E-state index contributed by atoms with van der Waals surface area (Å²) >= 11 is 13.9. The third kappa shape index (κ3) is 4.24. The molecule has 0 aliphatic rings. The average molecular weight is 407 g/mol. The van der Waals surface area contributed by atoms with E-state index in [1.165, 1.54) is 17.4 Å². The predicted octanol–water partition coefficient (Wildman–Crippen LogP) is 4.80. The van der Waals surface area contributed by atoms with Crippen LogP contribution in [0.25, 0.3) is 16.3 Å². The Labute approximate surface area is 165 Å². The number of amides is 1. The predicted molar refractivity (Wildman–Crippen MR) is 108 cm³/mol. The Hall–Kier alpha value is -1.92. The largest absolute Gasteiger partial charge is 0.383 e. The number of thiazole rings is 1. The lowest BCUT2D eigenvalue weighted by molar-refractivity contribution is -0.113. The molecule has 4 nitrogen and oxygen atoms in total. The van der Waals surface area contributed by atoms with Crippen LogP contribution in [0.3, 0.4) is 0 Å². The first-order valence-corrected chi connectivity index (χ1v) is 9.45. The van der Waals surface area contributed by atoms with Gasteiger partial charge in [0, 0.05) is 24.8 Å². The number of carbonyl (C=O) groups is 1. The molecule has 0 aliphatic heterocycles. The van der Waals surface area contributed by atoms with E-state index >= 15 is 0 Å². The van der Waals surface area contributed by atoms with E-state index in [2.05, 4.69) is 4.99 Å². The molecule has 2 aromatic carbocycles. The molecule has 3 rings (SSSR count). The molecule has 0 unspecified atom stereocenters. The molecule has 0 bridgehead atoms. The Balaban J connectivity index is 1.99. The minimum Gasteiger partial charge on any atom is -0.383 e. The maximum absolute atomic E-state index is 12.3. The molecule has 0 saturated heterocycles. The first kappa shape index (κ1) is 18.9. The number of rotatable bonds is 5. The van der Waals surface area contributed by atoms with Gasteiger partial charge in [-0.2, -0.15) is 4.99 Å². The molecule has 0 saturated carbocycles. The zero-order chi connectivity index (χ0) is 18.5. The van der Waals surface area contributed by atoms with E-state index in [1.54, 1.807) is 19.3 Å². The van der Waals surface area contributed by atoms with Gasteiger partial charge >= 0.3 is 0 Å². The molecule has 134 valence electrons. The van der Waals surface area contributed by atoms with E-state index in [0.717, 1.165) is 15.8 Å². The van der Waals surface area contributed by atoms with Crippen LogP contribution in [0.2, 0.25) is 10.0 Å². The van der Waals surface area contributed by atoms with Crippen LogP contribution in [-0.4, -0.2) is 24.2 Å². The highest BCUT2D eigenvalue weighted by Gasteiger charge is 2.10. The van der Waals surface area contributed by atoms with Gasteiger partial charge in [0.1, 0.15) is 0 Å². The highest BCUT2D eigenvalue weighted by molar-refractivity contribution is 7.16. The van der Waals surface area contributed by atoms with Gasteiger partial charge in [0.15, 0.2) is 4.80 Å². The molecule has 0 N–H and O–H groups in total. The highest BCUT2D eigenvalue weighted by atomic mass is 35.5. The van der Waals surface area contributed by atoms with E-state index < -0.39 is 0 Å². The fraction of sp³-hybridized carbons (Fsp3) is 0.158. The number of aromatic nitrogens is 1. The molecule has 0 fully saturated rings. The van der Waals surface area contributed by atoms with Gasteiger partial charge in [-0.25, -0.2) is 0 Å². The first-order valence-electron chi connectivity index (χ1n) is 7.88. The summed E-state index contributed by atoms with van der Waals surface area (Å²) in [4.78, 5) is 17.1. The zero-order valence-electron chi connectivity index (χ0n) is 14.0. The zero-order valence-corrected chi connectivity index (χ0v) is 16.3. The van der Waals surface area contributed by atoms with Gasteiger partial charge in [0.05, 0.1) is 21.8 Å². The molecular formula is C19H16Cl2N2O2S. The van der Waals surface area contributed by atoms with Crippen molar-refractivity contribution in [3.8, 4) is 0 Å². The van der Waals surface area contributed by atoms with E-state index in [1.807, 2.05) is 41.0 Å². The number of benzene rings is 2. The summed E-state index contributed by atoms with van der Waals surface area (Å²) < 4.78 is 8.05. The average Bonchev–Trinajstić information content (AvgIpc) is 2.97.